The lowest BCUT2D eigenvalue weighted by Crippen LogP contribution is -2.24. The van der Waals surface area contributed by atoms with Gasteiger partial charge in [-0.1, -0.05) is 146 Å². The van der Waals surface area contributed by atoms with E-state index in [2.05, 4.69) is 0 Å². The summed E-state index contributed by atoms with van der Waals surface area (Å²) in [6, 6.07) is 57.6. The van der Waals surface area contributed by atoms with Gasteiger partial charge in [0.1, 0.15) is 27.6 Å². The molecule has 11 rings (SSSR count). The van der Waals surface area contributed by atoms with Crippen molar-refractivity contribution in [2.45, 2.75) is 10.4 Å². The third kappa shape index (κ3) is 7.39. The summed E-state index contributed by atoms with van der Waals surface area (Å²) in [6.45, 7) is 0. The molecule has 0 unspecified atom stereocenters. The van der Waals surface area contributed by atoms with Crippen LogP contribution in [0.15, 0.2) is 201 Å². The molecule has 0 radical (unpaired) electrons. The molecule has 13 heteroatoms. The molecule has 0 saturated heterocycles. The van der Waals surface area contributed by atoms with Gasteiger partial charge in [0.25, 0.3) is 9.84 Å². The van der Waals surface area contributed by atoms with Crippen molar-refractivity contribution in [1.29, 1.82) is 0 Å². The molecule has 1 aromatic heterocycles. The van der Waals surface area contributed by atoms with Gasteiger partial charge in [-0.2, -0.15) is 13.2 Å². The number of methoxy groups -OCH3 is 2. The number of hydrogen-bond donors (Lipinski definition) is 0. The number of alkyl halides is 3. The monoisotopic (exact) mass is 960 g/mol. The van der Waals surface area contributed by atoms with E-state index in [0.29, 0.717) is 49.8 Å². The number of hydrogen-bond acceptors (Lipinski definition) is 7. The highest BCUT2D eigenvalue weighted by molar-refractivity contribution is 7.92. The van der Waals surface area contributed by atoms with E-state index in [1.165, 1.54) is 0 Å². The minimum atomic E-state index is -6.12. The van der Waals surface area contributed by atoms with Crippen LogP contribution in [-0.4, -0.2) is 28.1 Å². The van der Waals surface area contributed by atoms with Crippen molar-refractivity contribution in [2.75, 3.05) is 14.2 Å². The molecule has 0 fully saturated rings. The zero-order valence-electron chi connectivity index (χ0n) is 36.2. The summed E-state index contributed by atoms with van der Waals surface area (Å²) in [5, 5.41) is 9.55. The van der Waals surface area contributed by atoms with Crippen molar-refractivity contribution in [2.24, 2.45) is 0 Å². The van der Waals surface area contributed by atoms with Gasteiger partial charge in [0.05, 0.1) is 14.2 Å². The Morgan fingerprint density at radius 1 is 0.500 bits per heavy atom. The van der Waals surface area contributed by atoms with Gasteiger partial charge in [-0.3, -0.25) is 0 Å². The molecule has 68 heavy (non-hydrogen) atoms. The third-order valence-electron chi connectivity index (χ3n) is 12.2. The lowest BCUT2D eigenvalue weighted by molar-refractivity contribution is -0.0436. The van der Waals surface area contributed by atoms with Gasteiger partial charge in [-0.05, 0) is 109 Å². The summed E-state index contributed by atoms with van der Waals surface area (Å²) in [5.41, 5.74) is -4.42. The Labute approximate surface area is 390 Å². The Balaban J connectivity index is 1.29. The van der Waals surface area contributed by atoms with Crippen molar-refractivity contribution in [3.05, 3.63) is 188 Å². The van der Waals surface area contributed by atoms with Gasteiger partial charge in [0.2, 0.25) is 0 Å². The highest BCUT2D eigenvalue weighted by atomic mass is 32.2. The molecular formula is C55H37F3O7P2S. The highest BCUT2D eigenvalue weighted by Crippen LogP contribution is 2.53. The van der Waals surface area contributed by atoms with Gasteiger partial charge >= 0.3 is 13.7 Å². The van der Waals surface area contributed by atoms with Crippen LogP contribution in [0, 0.1) is 0 Å². The van der Waals surface area contributed by atoms with Crippen LogP contribution in [0.2, 0.25) is 0 Å². The Hall–Kier alpha value is -7.29. The van der Waals surface area contributed by atoms with E-state index in [4.69, 9.17) is 22.4 Å². The van der Waals surface area contributed by atoms with Crippen LogP contribution in [0.5, 0.6) is 17.2 Å². The lowest BCUT2D eigenvalue weighted by atomic mass is 9.93. The molecule has 0 spiro atoms. The number of ether oxygens (including phenoxy) is 2. The normalized spacial score (nSPS) is 12.1. The van der Waals surface area contributed by atoms with E-state index in [1.54, 1.807) is 50.6 Å². The Bertz CT molecular complexity index is 3790. The largest absolute Gasteiger partial charge is 0.502 e. The molecule has 7 nitrogen and oxygen atoms in total. The smallest absolute Gasteiger partial charge is 0.497 e. The average molecular weight is 961 g/mol. The second-order valence-electron chi connectivity index (χ2n) is 16.0. The molecule has 0 aliphatic rings. The molecule has 0 aliphatic heterocycles. The van der Waals surface area contributed by atoms with Gasteiger partial charge in [-0.15, -0.1) is 0 Å². The average Bonchev–Trinajstić information content (AvgIpc) is 3.53. The maximum Gasteiger partial charge on any atom is 0.502 e. The molecule has 0 atom stereocenters. The Morgan fingerprint density at radius 2 is 0.926 bits per heavy atom. The standard InChI is InChI=1S/C55H37F3O7P2S/c1-61-38-22-26-40(27-23-38)66(41-28-24-39(62-2)25-29-41)48-32-21-36-13-5-9-17-44(36)52(48)53-45-18-10-6-14-37(45)33-49(68(59,60)55(56,57)58)54(53)65-67-63-46-30-19-34-11-3-7-15-42(34)50(46)51-43-16-8-4-12-35(43)20-31-47(51)64-67/h3-33H,1-2H3. The predicted octanol–water partition coefficient (Wildman–Crippen LogP) is 14.5. The van der Waals surface area contributed by atoms with Crippen LogP contribution in [-0.2, 0) is 9.84 Å². The summed E-state index contributed by atoms with van der Waals surface area (Å²) in [4.78, 5) is -1.08. The first-order valence-corrected chi connectivity index (χ1v) is 25.3. The fraction of sp³-hybridized carbons (Fsp3) is 0.0545. The van der Waals surface area contributed by atoms with E-state index < -0.39 is 42.2 Å². The Morgan fingerprint density at radius 3 is 1.41 bits per heavy atom. The molecule has 0 bridgehead atoms. The lowest BCUT2D eigenvalue weighted by Gasteiger charge is -2.26. The van der Waals surface area contributed by atoms with Gasteiger partial charge in [-0.25, -0.2) is 8.42 Å². The van der Waals surface area contributed by atoms with Crippen LogP contribution in [0.25, 0.3) is 76.2 Å². The fourth-order valence-electron chi connectivity index (χ4n) is 9.03. The maximum absolute atomic E-state index is 15.3. The van der Waals surface area contributed by atoms with Gasteiger partial charge < -0.3 is 22.4 Å². The van der Waals surface area contributed by atoms with Gasteiger partial charge in [0.15, 0.2) is 5.75 Å². The fourth-order valence-corrected chi connectivity index (χ4v) is 13.5. The zero-order valence-corrected chi connectivity index (χ0v) is 38.8. The topological polar surface area (TPSA) is 88.1 Å². The number of halogens is 3. The summed E-state index contributed by atoms with van der Waals surface area (Å²) in [7, 11) is -7.24. The minimum Gasteiger partial charge on any atom is -0.497 e. The molecule has 11 aromatic rings. The molecule has 0 saturated carbocycles. The molecule has 0 amide bonds. The summed E-state index contributed by atoms with van der Waals surface area (Å²) in [5.74, 6) is 0.716. The zero-order chi connectivity index (χ0) is 46.7. The number of benzene rings is 10. The molecular weight excluding hydrogens is 924 g/mol. The molecule has 0 N–H and O–H groups in total. The Kier molecular flexibility index (Phi) is 10.9. The van der Waals surface area contributed by atoms with Crippen molar-refractivity contribution < 1.29 is 44.0 Å². The third-order valence-corrected chi connectivity index (χ3v) is 17.2. The molecule has 0 aliphatic carbocycles. The second-order valence-corrected chi connectivity index (χ2v) is 21.1. The first kappa shape index (κ1) is 43.3. The summed E-state index contributed by atoms with van der Waals surface area (Å²) in [6.07, 6.45) is 0. The van der Waals surface area contributed by atoms with E-state index >= 15 is 13.2 Å². The van der Waals surface area contributed by atoms with Crippen molar-refractivity contribution in [3.63, 3.8) is 0 Å². The minimum absolute atomic E-state index is 0.128. The van der Waals surface area contributed by atoms with Crippen molar-refractivity contribution >= 4 is 107 Å². The van der Waals surface area contributed by atoms with E-state index in [-0.39, 0.29) is 10.9 Å². The van der Waals surface area contributed by atoms with Crippen LogP contribution >= 0.6 is 16.2 Å². The van der Waals surface area contributed by atoms with Crippen LogP contribution in [0.1, 0.15) is 0 Å². The first-order valence-electron chi connectivity index (χ1n) is 21.4. The van der Waals surface area contributed by atoms with Crippen molar-refractivity contribution in [1.82, 2.24) is 0 Å². The summed E-state index contributed by atoms with van der Waals surface area (Å²) < 4.78 is 106. The first-order chi connectivity index (χ1) is 33.0. The molecule has 336 valence electrons. The van der Waals surface area contributed by atoms with E-state index in [9.17, 15) is 8.42 Å². The van der Waals surface area contributed by atoms with E-state index in [1.807, 2.05) is 146 Å². The number of rotatable bonds is 9. The van der Waals surface area contributed by atoms with Crippen LogP contribution in [0.3, 0.4) is 0 Å². The predicted molar refractivity (Wildman–Crippen MR) is 269 cm³/mol. The quantitative estimate of drug-likeness (QED) is 0.133. The van der Waals surface area contributed by atoms with E-state index in [0.717, 1.165) is 48.9 Å². The number of sulfone groups is 1. The van der Waals surface area contributed by atoms with Gasteiger partial charge in [0, 0.05) is 21.9 Å². The summed E-state index contributed by atoms with van der Waals surface area (Å²) >= 11 is 0. The van der Waals surface area contributed by atoms with Crippen LogP contribution < -0.4 is 29.9 Å². The highest BCUT2D eigenvalue weighted by Gasteiger charge is 2.49. The number of fused-ring (bicyclic) bond motifs is 9. The molecule has 1 heterocycles. The SMILES string of the molecule is COc1ccc(P(c2ccc(OC)cc2)c2ccc3ccccc3c2-c2c(Op3oc4ccc5ccccc5c4c4c(ccc5ccccc54)o3)c(S(=O)(=O)C(F)(F)F)cc3ccccc23)cc1. The second kappa shape index (κ2) is 17.1. The molecule has 10 aromatic carbocycles. The van der Waals surface area contributed by atoms with Crippen LogP contribution in [0.4, 0.5) is 13.2 Å². The van der Waals surface area contributed by atoms with Crippen molar-refractivity contribution in [3.8, 4) is 28.4 Å². The maximum atomic E-state index is 15.3.